The van der Waals surface area contributed by atoms with Crippen molar-refractivity contribution in [3.8, 4) is 28.6 Å². The van der Waals surface area contributed by atoms with Gasteiger partial charge in [-0.1, -0.05) is 5.16 Å². The molecule has 1 aromatic carbocycles. The minimum atomic E-state index is -0.307. The van der Waals surface area contributed by atoms with Crippen molar-refractivity contribution < 1.29 is 23.5 Å². The fourth-order valence-electron chi connectivity index (χ4n) is 2.26. The number of benzene rings is 1. The monoisotopic (exact) mass is 335 g/mol. The SMILES string of the molecule is COc1cc(-c2noc(CCCCC(N)=O)n2)cc(OC)c1OC. The number of unbranched alkanes of at least 4 members (excludes halogenated alkanes) is 1. The number of aryl methyl sites for hydroxylation is 1. The lowest BCUT2D eigenvalue weighted by atomic mass is 10.1. The number of primary amides is 1. The highest BCUT2D eigenvalue weighted by molar-refractivity contribution is 5.73. The molecule has 0 fully saturated rings. The number of hydrogen-bond donors (Lipinski definition) is 1. The molecule has 1 aromatic heterocycles. The summed E-state index contributed by atoms with van der Waals surface area (Å²) in [4.78, 5) is 15.1. The first kappa shape index (κ1) is 17.6. The summed E-state index contributed by atoms with van der Waals surface area (Å²) in [6, 6.07) is 3.51. The Labute approximate surface area is 139 Å². The largest absolute Gasteiger partial charge is 0.493 e. The van der Waals surface area contributed by atoms with E-state index in [1.165, 1.54) is 0 Å². The Hall–Kier alpha value is -2.77. The van der Waals surface area contributed by atoms with E-state index >= 15 is 0 Å². The van der Waals surface area contributed by atoms with Crippen molar-refractivity contribution in [3.63, 3.8) is 0 Å². The predicted octanol–water partition coefficient (Wildman–Crippen LogP) is 1.96. The highest BCUT2D eigenvalue weighted by Gasteiger charge is 2.17. The standard InChI is InChI=1S/C16H21N3O5/c1-21-11-8-10(9-12(22-2)15(11)23-3)16-18-14(24-19-16)7-5-4-6-13(17)20/h8-9H,4-7H2,1-3H3,(H2,17,20). The number of nitrogens with zero attached hydrogens (tertiary/aromatic N) is 2. The molecule has 8 heteroatoms. The molecule has 0 aliphatic heterocycles. The number of nitrogens with two attached hydrogens (primary N) is 1. The van der Waals surface area contributed by atoms with Crippen molar-refractivity contribution in [1.29, 1.82) is 0 Å². The molecule has 2 N–H and O–H groups in total. The van der Waals surface area contributed by atoms with Crippen LogP contribution >= 0.6 is 0 Å². The maximum absolute atomic E-state index is 10.7. The second kappa shape index (κ2) is 8.19. The van der Waals surface area contributed by atoms with Gasteiger partial charge < -0.3 is 24.5 Å². The van der Waals surface area contributed by atoms with Gasteiger partial charge in [-0.05, 0) is 25.0 Å². The third-order valence-electron chi connectivity index (χ3n) is 3.45. The van der Waals surface area contributed by atoms with Crippen LogP contribution < -0.4 is 19.9 Å². The zero-order valence-electron chi connectivity index (χ0n) is 14.0. The number of amides is 1. The molecule has 0 saturated heterocycles. The number of carbonyl (C=O) groups is 1. The van der Waals surface area contributed by atoms with E-state index in [2.05, 4.69) is 10.1 Å². The lowest BCUT2D eigenvalue weighted by molar-refractivity contribution is -0.118. The fraction of sp³-hybridized carbons (Fsp3) is 0.438. The molecule has 0 radical (unpaired) electrons. The molecule has 0 saturated carbocycles. The van der Waals surface area contributed by atoms with Gasteiger partial charge in [0.2, 0.25) is 23.4 Å². The van der Waals surface area contributed by atoms with Gasteiger partial charge in [0.1, 0.15) is 0 Å². The van der Waals surface area contributed by atoms with Gasteiger partial charge in [0, 0.05) is 18.4 Å². The second-order valence-corrected chi connectivity index (χ2v) is 5.10. The summed E-state index contributed by atoms with van der Waals surface area (Å²) in [5.74, 6) is 2.15. The minimum Gasteiger partial charge on any atom is -0.493 e. The topological polar surface area (TPSA) is 110 Å². The Kier molecular flexibility index (Phi) is 6.00. The van der Waals surface area contributed by atoms with Gasteiger partial charge >= 0.3 is 0 Å². The van der Waals surface area contributed by atoms with Crippen molar-refractivity contribution in [3.05, 3.63) is 18.0 Å². The molecule has 24 heavy (non-hydrogen) atoms. The van der Waals surface area contributed by atoms with Crippen LogP contribution in [0, 0.1) is 0 Å². The number of ether oxygens (including phenoxy) is 3. The number of carbonyl (C=O) groups excluding carboxylic acids is 1. The number of aromatic nitrogens is 2. The van der Waals surface area contributed by atoms with E-state index < -0.39 is 0 Å². The molecule has 0 atom stereocenters. The summed E-state index contributed by atoms with van der Waals surface area (Å²) in [5, 5.41) is 3.98. The van der Waals surface area contributed by atoms with Crippen molar-refractivity contribution in [2.24, 2.45) is 5.73 Å². The zero-order valence-corrected chi connectivity index (χ0v) is 14.0. The van der Waals surface area contributed by atoms with Crippen molar-refractivity contribution >= 4 is 5.91 Å². The Morgan fingerprint density at radius 1 is 1.12 bits per heavy atom. The van der Waals surface area contributed by atoms with Crippen LogP contribution in [0.25, 0.3) is 11.4 Å². The Balaban J connectivity index is 2.15. The van der Waals surface area contributed by atoms with Crippen LogP contribution in [-0.4, -0.2) is 37.4 Å². The first-order chi connectivity index (χ1) is 11.6. The lowest BCUT2D eigenvalue weighted by Gasteiger charge is -2.12. The maximum atomic E-state index is 10.7. The molecule has 130 valence electrons. The summed E-state index contributed by atoms with van der Waals surface area (Å²) in [7, 11) is 4.63. The third-order valence-corrected chi connectivity index (χ3v) is 3.45. The quantitative estimate of drug-likeness (QED) is 0.697. The molecule has 2 aromatic rings. The summed E-state index contributed by atoms with van der Waals surface area (Å²) in [6.45, 7) is 0. The van der Waals surface area contributed by atoms with Gasteiger partial charge in [-0.2, -0.15) is 4.98 Å². The molecule has 0 aliphatic rings. The van der Waals surface area contributed by atoms with Gasteiger partial charge in [0.15, 0.2) is 11.5 Å². The van der Waals surface area contributed by atoms with Crippen LogP contribution in [0.5, 0.6) is 17.2 Å². The molecule has 0 bridgehead atoms. The van der Waals surface area contributed by atoms with Crippen LogP contribution in [0.1, 0.15) is 25.2 Å². The summed E-state index contributed by atoms with van der Waals surface area (Å²) in [6.07, 6.45) is 2.38. The Morgan fingerprint density at radius 3 is 2.33 bits per heavy atom. The molecule has 8 nitrogen and oxygen atoms in total. The lowest BCUT2D eigenvalue weighted by Crippen LogP contribution is -2.09. The predicted molar refractivity (Wildman–Crippen MR) is 86.1 cm³/mol. The van der Waals surface area contributed by atoms with Crippen molar-refractivity contribution in [2.75, 3.05) is 21.3 Å². The smallest absolute Gasteiger partial charge is 0.226 e. The second-order valence-electron chi connectivity index (χ2n) is 5.10. The van der Waals surface area contributed by atoms with Crippen LogP contribution in [-0.2, 0) is 11.2 Å². The molecule has 1 heterocycles. The number of hydrogen-bond acceptors (Lipinski definition) is 7. The molecule has 0 aliphatic carbocycles. The molecule has 0 spiro atoms. The van der Waals surface area contributed by atoms with Gasteiger partial charge in [-0.15, -0.1) is 0 Å². The average molecular weight is 335 g/mol. The molecular formula is C16H21N3O5. The van der Waals surface area contributed by atoms with E-state index in [-0.39, 0.29) is 5.91 Å². The molecule has 1 amide bonds. The number of methoxy groups -OCH3 is 3. The first-order valence-electron chi connectivity index (χ1n) is 7.50. The van der Waals surface area contributed by atoms with Crippen LogP contribution in [0.2, 0.25) is 0 Å². The van der Waals surface area contributed by atoms with Gasteiger partial charge in [-0.25, -0.2) is 0 Å². The minimum absolute atomic E-state index is 0.307. The summed E-state index contributed by atoms with van der Waals surface area (Å²) >= 11 is 0. The fourth-order valence-corrected chi connectivity index (χ4v) is 2.26. The van der Waals surface area contributed by atoms with Gasteiger partial charge in [0.05, 0.1) is 21.3 Å². The highest BCUT2D eigenvalue weighted by atomic mass is 16.5. The van der Waals surface area contributed by atoms with Crippen LogP contribution in [0.3, 0.4) is 0 Å². The number of rotatable bonds is 9. The van der Waals surface area contributed by atoms with Gasteiger partial charge in [0.25, 0.3) is 0 Å². The van der Waals surface area contributed by atoms with Crippen molar-refractivity contribution in [2.45, 2.75) is 25.7 Å². The summed E-state index contributed by atoms with van der Waals surface area (Å²) in [5.41, 5.74) is 5.80. The van der Waals surface area contributed by atoms with E-state index in [1.807, 2.05) is 0 Å². The molecular weight excluding hydrogens is 314 g/mol. The van der Waals surface area contributed by atoms with Crippen molar-refractivity contribution in [1.82, 2.24) is 10.1 Å². The zero-order chi connectivity index (χ0) is 17.5. The van der Waals surface area contributed by atoms with Crippen LogP contribution in [0.4, 0.5) is 0 Å². The Bertz CT molecular complexity index is 674. The molecule has 0 unspecified atom stereocenters. The highest BCUT2D eigenvalue weighted by Crippen LogP contribution is 2.40. The maximum Gasteiger partial charge on any atom is 0.226 e. The normalized spacial score (nSPS) is 10.5. The first-order valence-corrected chi connectivity index (χ1v) is 7.50. The summed E-state index contributed by atoms with van der Waals surface area (Å²) < 4.78 is 21.2. The third kappa shape index (κ3) is 4.15. The van der Waals surface area contributed by atoms with Crippen LogP contribution in [0.15, 0.2) is 16.7 Å². The van der Waals surface area contributed by atoms with E-state index in [0.717, 1.165) is 6.42 Å². The van der Waals surface area contributed by atoms with E-state index in [1.54, 1.807) is 33.5 Å². The average Bonchev–Trinajstić information content (AvgIpc) is 3.06. The molecule has 2 rings (SSSR count). The van der Waals surface area contributed by atoms with E-state index in [4.69, 9.17) is 24.5 Å². The van der Waals surface area contributed by atoms with E-state index in [9.17, 15) is 4.79 Å². The van der Waals surface area contributed by atoms with E-state index in [0.29, 0.717) is 53.8 Å². The Morgan fingerprint density at radius 2 is 1.79 bits per heavy atom. The van der Waals surface area contributed by atoms with Gasteiger partial charge in [-0.3, -0.25) is 4.79 Å².